The summed E-state index contributed by atoms with van der Waals surface area (Å²) in [4.78, 5) is 16.4. The van der Waals surface area contributed by atoms with Crippen molar-refractivity contribution in [2.24, 2.45) is 0 Å². The number of nitrogens with zero attached hydrogens (tertiary/aromatic N) is 3. The second-order valence-corrected chi connectivity index (χ2v) is 5.67. The third-order valence-electron chi connectivity index (χ3n) is 4.15. The number of imidazole rings is 1. The van der Waals surface area contributed by atoms with Gasteiger partial charge in [-0.3, -0.25) is 0 Å². The Hall–Kier alpha value is -2.49. The normalized spacial score (nSPS) is 12.3. The lowest BCUT2D eigenvalue weighted by Gasteiger charge is -2.19. The summed E-state index contributed by atoms with van der Waals surface area (Å²) in [5, 5.41) is 0. The van der Waals surface area contributed by atoms with Gasteiger partial charge in [-0.1, -0.05) is 18.2 Å². The first-order chi connectivity index (χ1) is 10.6. The van der Waals surface area contributed by atoms with E-state index in [1.165, 1.54) is 16.7 Å². The highest BCUT2D eigenvalue weighted by Gasteiger charge is 2.20. The molecule has 2 heterocycles. The molecule has 0 spiro atoms. The minimum atomic E-state index is 0.184. The molecular formula is C18H20N4. The highest BCUT2D eigenvalue weighted by molar-refractivity contribution is 5.39. The number of nitrogens with one attached hydrogen (secondary N) is 1. The van der Waals surface area contributed by atoms with Crippen LogP contribution in [0.5, 0.6) is 0 Å². The van der Waals surface area contributed by atoms with Gasteiger partial charge in [0.15, 0.2) is 0 Å². The fourth-order valence-corrected chi connectivity index (χ4v) is 2.78. The van der Waals surface area contributed by atoms with Crippen LogP contribution in [-0.2, 0) is 6.42 Å². The quantitative estimate of drug-likeness (QED) is 0.800. The average molecular weight is 292 g/mol. The fourth-order valence-electron chi connectivity index (χ4n) is 2.78. The molecule has 2 aromatic heterocycles. The predicted octanol–water partition coefficient (Wildman–Crippen LogP) is 3.50. The number of rotatable bonds is 4. The summed E-state index contributed by atoms with van der Waals surface area (Å²) in [6.07, 6.45) is 6.20. The molecule has 3 aromatic rings. The number of aryl methyl sites for hydroxylation is 2. The highest BCUT2D eigenvalue weighted by atomic mass is 14.9. The van der Waals surface area contributed by atoms with Gasteiger partial charge < -0.3 is 4.98 Å². The molecule has 0 saturated carbocycles. The van der Waals surface area contributed by atoms with Gasteiger partial charge in [0.05, 0.1) is 6.33 Å². The van der Waals surface area contributed by atoms with Crippen LogP contribution >= 0.6 is 0 Å². The number of hydrogen-bond acceptors (Lipinski definition) is 3. The first kappa shape index (κ1) is 14.4. The van der Waals surface area contributed by atoms with Crippen molar-refractivity contribution in [2.45, 2.75) is 33.1 Å². The van der Waals surface area contributed by atoms with E-state index in [0.29, 0.717) is 0 Å². The molecule has 0 saturated heterocycles. The van der Waals surface area contributed by atoms with Gasteiger partial charge in [0.1, 0.15) is 5.82 Å². The van der Waals surface area contributed by atoms with Crippen molar-refractivity contribution in [3.63, 3.8) is 0 Å². The largest absolute Gasteiger partial charge is 0.348 e. The summed E-state index contributed by atoms with van der Waals surface area (Å²) < 4.78 is 0. The molecule has 4 heteroatoms. The molecule has 0 radical (unpaired) electrons. The highest BCUT2D eigenvalue weighted by Crippen LogP contribution is 2.29. The standard InChI is InChI=1S/C18H20N4/c1-12-5-4-6-15(14(12)3)16(17-10-19-11-21-17)9-18-20-8-7-13(2)22-18/h4-8,10-11,16H,9H2,1-3H3,(H,19,21)/t16-/m0/s1. The average Bonchev–Trinajstić information content (AvgIpc) is 3.02. The summed E-state index contributed by atoms with van der Waals surface area (Å²) in [7, 11) is 0. The van der Waals surface area contributed by atoms with Gasteiger partial charge in [-0.25, -0.2) is 15.0 Å². The van der Waals surface area contributed by atoms with Crippen molar-refractivity contribution in [3.05, 3.63) is 76.9 Å². The smallest absolute Gasteiger partial charge is 0.129 e. The van der Waals surface area contributed by atoms with E-state index in [-0.39, 0.29) is 5.92 Å². The van der Waals surface area contributed by atoms with Crippen molar-refractivity contribution in [1.82, 2.24) is 19.9 Å². The molecule has 112 valence electrons. The van der Waals surface area contributed by atoms with Crippen molar-refractivity contribution >= 4 is 0 Å². The van der Waals surface area contributed by atoms with Gasteiger partial charge in [-0.2, -0.15) is 0 Å². The van der Waals surface area contributed by atoms with Crippen LogP contribution in [0, 0.1) is 20.8 Å². The minimum absolute atomic E-state index is 0.184. The minimum Gasteiger partial charge on any atom is -0.348 e. The van der Waals surface area contributed by atoms with E-state index in [0.717, 1.165) is 23.6 Å². The Morgan fingerprint density at radius 3 is 2.73 bits per heavy atom. The molecule has 1 atom stereocenters. The number of H-pyrrole nitrogens is 1. The first-order valence-electron chi connectivity index (χ1n) is 7.48. The van der Waals surface area contributed by atoms with Crippen molar-refractivity contribution in [1.29, 1.82) is 0 Å². The van der Waals surface area contributed by atoms with E-state index >= 15 is 0 Å². The Balaban J connectivity index is 2.03. The molecular weight excluding hydrogens is 272 g/mol. The van der Waals surface area contributed by atoms with Gasteiger partial charge in [0.2, 0.25) is 0 Å². The zero-order valence-electron chi connectivity index (χ0n) is 13.2. The maximum absolute atomic E-state index is 4.56. The Bertz CT molecular complexity index is 763. The Labute approximate surface area is 130 Å². The SMILES string of the molecule is Cc1ccnc(C[C@H](c2cnc[nH]2)c2cccc(C)c2C)n1. The molecule has 0 bridgehead atoms. The molecule has 4 nitrogen and oxygen atoms in total. The number of aromatic nitrogens is 4. The fraction of sp³-hybridized carbons (Fsp3) is 0.278. The Kier molecular flexibility index (Phi) is 4.00. The molecule has 0 amide bonds. The maximum Gasteiger partial charge on any atom is 0.129 e. The van der Waals surface area contributed by atoms with E-state index in [1.54, 1.807) is 6.33 Å². The summed E-state index contributed by atoms with van der Waals surface area (Å²) in [5.74, 6) is 1.05. The summed E-state index contributed by atoms with van der Waals surface area (Å²) in [6.45, 7) is 6.31. The molecule has 0 unspecified atom stereocenters. The van der Waals surface area contributed by atoms with Crippen LogP contribution in [0.15, 0.2) is 43.0 Å². The topological polar surface area (TPSA) is 54.5 Å². The summed E-state index contributed by atoms with van der Waals surface area (Å²) in [6, 6.07) is 8.36. The van der Waals surface area contributed by atoms with Gasteiger partial charge in [-0.05, 0) is 43.5 Å². The van der Waals surface area contributed by atoms with Crippen LogP contribution in [0.4, 0.5) is 0 Å². The summed E-state index contributed by atoms with van der Waals surface area (Å²) in [5.41, 5.74) is 6.00. The number of benzene rings is 1. The number of hydrogen-bond donors (Lipinski definition) is 1. The van der Waals surface area contributed by atoms with Crippen LogP contribution in [0.25, 0.3) is 0 Å². The van der Waals surface area contributed by atoms with E-state index < -0.39 is 0 Å². The van der Waals surface area contributed by atoms with Crippen molar-refractivity contribution < 1.29 is 0 Å². The zero-order valence-corrected chi connectivity index (χ0v) is 13.2. The predicted molar refractivity (Wildman–Crippen MR) is 86.8 cm³/mol. The van der Waals surface area contributed by atoms with E-state index in [1.807, 2.05) is 25.4 Å². The molecule has 0 fully saturated rings. The second-order valence-electron chi connectivity index (χ2n) is 5.67. The third-order valence-corrected chi connectivity index (χ3v) is 4.15. The molecule has 0 aliphatic rings. The van der Waals surface area contributed by atoms with Gasteiger partial charge in [0, 0.05) is 36.1 Å². The van der Waals surface area contributed by atoms with Crippen LogP contribution in [0.2, 0.25) is 0 Å². The van der Waals surface area contributed by atoms with E-state index in [9.17, 15) is 0 Å². The monoisotopic (exact) mass is 292 g/mol. The van der Waals surface area contributed by atoms with Crippen LogP contribution < -0.4 is 0 Å². The lowest BCUT2D eigenvalue weighted by molar-refractivity contribution is 0.727. The van der Waals surface area contributed by atoms with Crippen LogP contribution in [0.1, 0.15) is 39.8 Å². The van der Waals surface area contributed by atoms with Gasteiger partial charge in [0.25, 0.3) is 0 Å². The van der Waals surface area contributed by atoms with Crippen molar-refractivity contribution in [2.75, 3.05) is 0 Å². The molecule has 22 heavy (non-hydrogen) atoms. The maximum atomic E-state index is 4.56. The van der Waals surface area contributed by atoms with Crippen molar-refractivity contribution in [3.8, 4) is 0 Å². The van der Waals surface area contributed by atoms with Crippen LogP contribution in [-0.4, -0.2) is 19.9 Å². The molecule has 1 aromatic carbocycles. The lowest BCUT2D eigenvalue weighted by Crippen LogP contribution is -2.10. The first-order valence-corrected chi connectivity index (χ1v) is 7.48. The molecule has 3 rings (SSSR count). The van der Waals surface area contributed by atoms with E-state index in [4.69, 9.17) is 0 Å². The van der Waals surface area contributed by atoms with E-state index in [2.05, 4.69) is 52.0 Å². The number of aromatic amines is 1. The Morgan fingerprint density at radius 2 is 2.00 bits per heavy atom. The molecule has 0 aliphatic carbocycles. The summed E-state index contributed by atoms with van der Waals surface area (Å²) >= 11 is 0. The molecule has 1 N–H and O–H groups in total. The van der Waals surface area contributed by atoms with Gasteiger partial charge in [-0.15, -0.1) is 0 Å². The van der Waals surface area contributed by atoms with Crippen LogP contribution in [0.3, 0.4) is 0 Å². The second kappa shape index (κ2) is 6.10. The zero-order chi connectivity index (χ0) is 15.5. The third kappa shape index (κ3) is 2.91. The lowest BCUT2D eigenvalue weighted by atomic mass is 9.87. The van der Waals surface area contributed by atoms with Gasteiger partial charge >= 0.3 is 0 Å². The molecule has 0 aliphatic heterocycles. The Morgan fingerprint density at radius 1 is 1.14 bits per heavy atom.